The first-order chi connectivity index (χ1) is 18.7. The second kappa shape index (κ2) is 11.4. The number of amides is 2. The summed E-state index contributed by atoms with van der Waals surface area (Å²) in [5.74, 6) is -0.763. The van der Waals surface area contributed by atoms with Crippen LogP contribution in [-0.2, 0) is 29.4 Å². The number of nitrogens with zero attached hydrogens (tertiary/aromatic N) is 3. The second-order valence-electron chi connectivity index (χ2n) is 10.7. The van der Waals surface area contributed by atoms with E-state index in [2.05, 4.69) is 0 Å². The van der Waals surface area contributed by atoms with Gasteiger partial charge in [0.05, 0.1) is 28.4 Å². The van der Waals surface area contributed by atoms with Crippen molar-refractivity contribution in [2.24, 2.45) is 11.8 Å². The summed E-state index contributed by atoms with van der Waals surface area (Å²) < 4.78 is 52.4. The summed E-state index contributed by atoms with van der Waals surface area (Å²) in [4.78, 5) is 30.2. The maximum Gasteiger partial charge on any atom is 0.243 e. The van der Waals surface area contributed by atoms with Gasteiger partial charge >= 0.3 is 0 Å². The fourth-order valence-corrected chi connectivity index (χ4v) is 8.85. The molecule has 0 aromatic heterocycles. The van der Waals surface area contributed by atoms with E-state index in [1.165, 1.54) is 4.31 Å². The van der Waals surface area contributed by atoms with Crippen molar-refractivity contribution in [3.05, 3.63) is 66.2 Å². The summed E-state index contributed by atoms with van der Waals surface area (Å²) >= 11 is 0. The average molecular weight is 574 g/mol. The van der Waals surface area contributed by atoms with Crippen molar-refractivity contribution in [1.29, 1.82) is 0 Å². The van der Waals surface area contributed by atoms with E-state index >= 15 is 0 Å². The van der Waals surface area contributed by atoms with E-state index in [0.29, 0.717) is 38.8 Å². The third kappa shape index (κ3) is 6.05. The van der Waals surface area contributed by atoms with Crippen LogP contribution in [0.15, 0.2) is 65.6 Å². The van der Waals surface area contributed by atoms with E-state index < -0.39 is 25.8 Å². The summed E-state index contributed by atoms with van der Waals surface area (Å²) in [6, 6.07) is 17.6. The van der Waals surface area contributed by atoms with Crippen LogP contribution in [0.5, 0.6) is 0 Å². The molecule has 0 radical (unpaired) electrons. The molecule has 39 heavy (non-hydrogen) atoms. The van der Waals surface area contributed by atoms with Crippen LogP contribution in [0.4, 0.5) is 0 Å². The highest BCUT2D eigenvalue weighted by Crippen LogP contribution is 2.38. The fourth-order valence-electron chi connectivity index (χ4n) is 5.94. The minimum absolute atomic E-state index is 0.00408. The molecule has 2 aromatic rings. The van der Waals surface area contributed by atoms with E-state index in [1.807, 2.05) is 30.3 Å². The van der Waals surface area contributed by atoms with E-state index in [0.717, 1.165) is 5.56 Å². The number of sulfonamides is 1. The first kappa shape index (κ1) is 27.8. The first-order valence-electron chi connectivity index (χ1n) is 13.6. The van der Waals surface area contributed by atoms with Crippen LogP contribution in [0.25, 0.3) is 0 Å². The van der Waals surface area contributed by atoms with E-state index in [1.54, 1.807) is 40.1 Å². The Morgan fingerprint density at radius 1 is 0.692 bits per heavy atom. The van der Waals surface area contributed by atoms with Crippen molar-refractivity contribution in [2.45, 2.75) is 36.6 Å². The van der Waals surface area contributed by atoms with Gasteiger partial charge in [-0.2, -0.15) is 4.31 Å². The number of likely N-dealkylation sites (tertiary alicyclic amines) is 1. The maximum atomic E-state index is 13.7. The van der Waals surface area contributed by atoms with Gasteiger partial charge < -0.3 is 9.80 Å². The van der Waals surface area contributed by atoms with Crippen LogP contribution in [0.1, 0.15) is 37.3 Å². The Morgan fingerprint density at radius 2 is 1.23 bits per heavy atom. The van der Waals surface area contributed by atoms with Crippen molar-refractivity contribution < 1.29 is 26.4 Å². The van der Waals surface area contributed by atoms with E-state index in [9.17, 15) is 26.4 Å². The molecule has 3 heterocycles. The quantitative estimate of drug-likeness (QED) is 0.543. The predicted octanol–water partition coefficient (Wildman–Crippen LogP) is 2.32. The van der Waals surface area contributed by atoms with Gasteiger partial charge in [0.2, 0.25) is 21.8 Å². The molecule has 3 saturated heterocycles. The number of benzene rings is 2. The Bertz CT molecular complexity index is 1380. The van der Waals surface area contributed by atoms with Gasteiger partial charge in [-0.1, -0.05) is 48.5 Å². The maximum absolute atomic E-state index is 13.7. The molecule has 5 rings (SSSR count). The summed E-state index contributed by atoms with van der Waals surface area (Å²) in [5, 5.41) is 0. The third-order valence-corrected chi connectivity index (χ3v) is 11.7. The molecule has 11 heteroatoms. The molecule has 0 N–H and O–H groups in total. The van der Waals surface area contributed by atoms with Crippen LogP contribution >= 0.6 is 0 Å². The van der Waals surface area contributed by atoms with Crippen LogP contribution in [0.2, 0.25) is 0 Å². The van der Waals surface area contributed by atoms with E-state index in [4.69, 9.17) is 0 Å². The van der Waals surface area contributed by atoms with Crippen LogP contribution in [0, 0.1) is 11.8 Å². The topological polar surface area (TPSA) is 112 Å². The Kier molecular flexibility index (Phi) is 8.11. The van der Waals surface area contributed by atoms with Gasteiger partial charge in [0.1, 0.15) is 0 Å². The van der Waals surface area contributed by atoms with Gasteiger partial charge in [0.25, 0.3) is 0 Å². The molecular formula is C28H35N3O6S2. The standard InChI is InChI=1S/C28H35N3O6S2/c32-27(30-17-19-38(34,35)20-18-30)23-13-15-29(16-14-23)28(33)24-11-12-26(22-7-3-1-4-8-22)31(21-24)39(36,37)25-9-5-2-6-10-25/h1-10,23-24,26H,11-21H2/t24-,26-/m1/s1. The van der Waals surface area contributed by atoms with Crippen molar-refractivity contribution in [3.8, 4) is 0 Å². The first-order valence-corrected chi connectivity index (χ1v) is 16.8. The largest absolute Gasteiger partial charge is 0.342 e. The van der Waals surface area contributed by atoms with Crippen molar-refractivity contribution in [3.63, 3.8) is 0 Å². The second-order valence-corrected chi connectivity index (χ2v) is 14.9. The van der Waals surface area contributed by atoms with Crippen molar-refractivity contribution in [1.82, 2.24) is 14.1 Å². The molecular weight excluding hydrogens is 538 g/mol. The lowest BCUT2D eigenvalue weighted by Crippen LogP contribution is -2.51. The Hall–Kier alpha value is -2.76. The highest BCUT2D eigenvalue weighted by Gasteiger charge is 2.42. The van der Waals surface area contributed by atoms with E-state index in [-0.39, 0.29) is 59.8 Å². The van der Waals surface area contributed by atoms with Gasteiger partial charge in [-0.3, -0.25) is 9.59 Å². The molecule has 9 nitrogen and oxygen atoms in total. The summed E-state index contributed by atoms with van der Waals surface area (Å²) in [6.45, 7) is 1.45. The Labute approximate surface area is 230 Å². The molecule has 0 saturated carbocycles. The minimum Gasteiger partial charge on any atom is -0.342 e. The van der Waals surface area contributed by atoms with Crippen molar-refractivity contribution >= 4 is 31.7 Å². The highest BCUT2D eigenvalue weighted by molar-refractivity contribution is 7.91. The third-order valence-electron chi connectivity index (χ3n) is 8.23. The zero-order chi connectivity index (χ0) is 27.6. The van der Waals surface area contributed by atoms with Crippen molar-refractivity contribution in [2.75, 3.05) is 44.2 Å². The number of rotatable bonds is 5. The number of sulfone groups is 1. The van der Waals surface area contributed by atoms with Gasteiger partial charge in [0, 0.05) is 38.6 Å². The molecule has 0 unspecified atom stereocenters. The molecule has 210 valence electrons. The minimum atomic E-state index is -3.83. The number of piperidine rings is 2. The van der Waals surface area contributed by atoms with Gasteiger partial charge in [-0.15, -0.1) is 0 Å². The van der Waals surface area contributed by atoms with Gasteiger partial charge in [-0.25, -0.2) is 16.8 Å². The number of carbonyl (C=O) groups excluding carboxylic acids is 2. The predicted molar refractivity (Wildman–Crippen MR) is 147 cm³/mol. The molecule has 2 aromatic carbocycles. The lowest BCUT2D eigenvalue weighted by molar-refractivity contribution is -0.143. The summed E-state index contributed by atoms with van der Waals surface area (Å²) in [5.41, 5.74) is 0.910. The number of hydrogen-bond donors (Lipinski definition) is 0. The van der Waals surface area contributed by atoms with Crippen LogP contribution in [-0.4, -0.2) is 87.0 Å². The molecule has 3 aliphatic heterocycles. The molecule has 3 aliphatic rings. The summed E-state index contributed by atoms with van der Waals surface area (Å²) in [6.07, 6.45) is 2.18. The fraction of sp³-hybridized carbons (Fsp3) is 0.500. The number of hydrogen-bond acceptors (Lipinski definition) is 6. The molecule has 2 atom stereocenters. The monoisotopic (exact) mass is 573 g/mol. The Balaban J connectivity index is 1.26. The number of carbonyl (C=O) groups is 2. The average Bonchev–Trinajstić information content (AvgIpc) is 2.97. The molecule has 2 amide bonds. The van der Waals surface area contributed by atoms with Gasteiger partial charge in [-0.05, 0) is 43.4 Å². The smallest absolute Gasteiger partial charge is 0.243 e. The zero-order valence-corrected chi connectivity index (χ0v) is 23.5. The molecule has 0 bridgehead atoms. The highest BCUT2D eigenvalue weighted by atomic mass is 32.2. The normalized spacial score (nSPS) is 24.8. The molecule has 3 fully saturated rings. The van der Waals surface area contributed by atoms with Crippen LogP contribution < -0.4 is 0 Å². The summed E-state index contributed by atoms with van der Waals surface area (Å²) in [7, 11) is -6.89. The Morgan fingerprint density at radius 3 is 1.85 bits per heavy atom. The van der Waals surface area contributed by atoms with Gasteiger partial charge in [0.15, 0.2) is 9.84 Å². The van der Waals surface area contributed by atoms with Crippen LogP contribution in [0.3, 0.4) is 0 Å². The molecule has 0 aliphatic carbocycles. The molecule has 0 spiro atoms. The lowest BCUT2D eigenvalue weighted by atomic mass is 9.88. The lowest BCUT2D eigenvalue weighted by Gasteiger charge is -2.41. The zero-order valence-electron chi connectivity index (χ0n) is 21.9. The SMILES string of the molecule is O=C(C1CCN(C(=O)[C@@H]2CC[C@H](c3ccccc3)N(S(=O)(=O)c3ccccc3)C2)CC1)N1CCS(=O)(=O)CC1.